The Morgan fingerprint density at radius 1 is 1.21 bits per heavy atom. The quantitative estimate of drug-likeness (QED) is 0.611. The first-order valence-electron chi connectivity index (χ1n) is 9.12. The minimum absolute atomic E-state index is 0.146. The Morgan fingerprint density at radius 3 is 2.50 bits per heavy atom. The molecule has 1 saturated heterocycles. The average molecular weight is 352 g/mol. The molecule has 1 aliphatic heterocycles. The van der Waals surface area contributed by atoms with E-state index < -0.39 is 0 Å². The molecule has 24 heavy (non-hydrogen) atoms. The van der Waals surface area contributed by atoms with Crippen molar-refractivity contribution >= 4 is 17.3 Å². The van der Waals surface area contributed by atoms with Gasteiger partial charge in [-0.1, -0.05) is 6.42 Å². The summed E-state index contributed by atoms with van der Waals surface area (Å²) in [5.74, 6) is 0.896. The highest BCUT2D eigenvalue weighted by Gasteiger charge is 2.27. The number of thiazole rings is 1. The van der Waals surface area contributed by atoms with Crippen LogP contribution in [0, 0.1) is 13.8 Å². The van der Waals surface area contributed by atoms with Crippen molar-refractivity contribution in [2.24, 2.45) is 4.99 Å². The molecule has 6 heteroatoms. The molecule has 0 atom stereocenters. The summed E-state index contributed by atoms with van der Waals surface area (Å²) in [6, 6.07) is 0. The van der Waals surface area contributed by atoms with Crippen LogP contribution in [0.1, 0.15) is 55.6 Å². The van der Waals surface area contributed by atoms with Crippen LogP contribution >= 0.6 is 11.3 Å². The van der Waals surface area contributed by atoms with Gasteiger partial charge in [0.1, 0.15) is 0 Å². The lowest BCUT2D eigenvalue weighted by molar-refractivity contribution is 0.0982. The molecule has 0 bridgehead atoms. The Labute approximate surface area is 151 Å². The molecule has 1 aromatic rings. The van der Waals surface area contributed by atoms with Crippen LogP contribution in [-0.4, -0.2) is 47.6 Å². The second-order valence-corrected chi connectivity index (χ2v) is 8.44. The molecule has 0 amide bonds. The van der Waals surface area contributed by atoms with Crippen LogP contribution in [0.15, 0.2) is 4.99 Å². The number of piperidine rings is 1. The van der Waals surface area contributed by atoms with E-state index in [9.17, 15) is 0 Å². The van der Waals surface area contributed by atoms with E-state index in [-0.39, 0.29) is 5.54 Å². The van der Waals surface area contributed by atoms with Crippen LogP contribution in [0.25, 0.3) is 0 Å². The zero-order valence-electron chi connectivity index (χ0n) is 15.9. The first kappa shape index (κ1) is 19.2. The van der Waals surface area contributed by atoms with E-state index in [1.54, 1.807) is 11.3 Å². The second-order valence-electron chi connectivity index (χ2n) is 7.15. The maximum atomic E-state index is 4.75. The van der Waals surface area contributed by atoms with E-state index in [2.05, 4.69) is 55.1 Å². The van der Waals surface area contributed by atoms with Gasteiger partial charge in [0.05, 0.1) is 17.2 Å². The molecule has 2 heterocycles. The van der Waals surface area contributed by atoms with Crippen molar-refractivity contribution < 1.29 is 0 Å². The Hall–Kier alpha value is -1.14. The van der Waals surface area contributed by atoms with Crippen molar-refractivity contribution in [2.75, 3.05) is 26.2 Å². The molecule has 2 N–H and O–H groups in total. The molecular formula is C18H33N5S. The zero-order chi connectivity index (χ0) is 17.6. The number of aliphatic imine (C=N–C) groups is 1. The molecule has 0 unspecified atom stereocenters. The van der Waals surface area contributed by atoms with Crippen LogP contribution in [0.5, 0.6) is 0 Å². The van der Waals surface area contributed by atoms with Crippen LogP contribution < -0.4 is 10.6 Å². The summed E-state index contributed by atoms with van der Waals surface area (Å²) in [4.78, 5) is 13.1. The molecule has 0 saturated carbocycles. The number of hydrogen-bond acceptors (Lipinski definition) is 4. The minimum Gasteiger partial charge on any atom is -0.357 e. The molecule has 0 aromatic carbocycles. The van der Waals surface area contributed by atoms with Crippen LogP contribution in [0.2, 0.25) is 0 Å². The van der Waals surface area contributed by atoms with Crippen LogP contribution in [0.3, 0.4) is 0 Å². The Kier molecular flexibility index (Phi) is 7.04. The Morgan fingerprint density at radius 2 is 1.92 bits per heavy atom. The predicted molar refractivity (Wildman–Crippen MR) is 104 cm³/mol. The normalized spacial score (nSPS) is 17.1. The fraction of sp³-hybridized carbons (Fsp3) is 0.778. The van der Waals surface area contributed by atoms with Crippen molar-refractivity contribution in [3.05, 3.63) is 15.6 Å². The zero-order valence-corrected chi connectivity index (χ0v) is 16.7. The van der Waals surface area contributed by atoms with Gasteiger partial charge >= 0.3 is 0 Å². The minimum atomic E-state index is 0.146. The van der Waals surface area contributed by atoms with Gasteiger partial charge in [-0.25, -0.2) is 9.98 Å². The third-order valence-electron chi connectivity index (χ3n) is 4.63. The summed E-state index contributed by atoms with van der Waals surface area (Å²) in [5, 5.41) is 8.01. The molecule has 0 radical (unpaired) electrons. The van der Waals surface area contributed by atoms with E-state index in [4.69, 9.17) is 4.99 Å². The molecule has 136 valence electrons. The van der Waals surface area contributed by atoms with Crippen molar-refractivity contribution in [1.29, 1.82) is 0 Å². The van der Waals surface area contributed by atoms with Gasteiger partial charge in [-0.05, 0) is 60.5 Å². The number of aryl methyl sites for hydroxylation is 2. The van der Waals surface area contributed by atoms with E-state index >= 15 is 0 Å². The van der Waals surface area contributed by atoms with Crippen LogP contribution in [-0.2, 0) is 6.54 Å². The SMILES string of the molecule is CCNC(=NCc1sc(C)nc1C)NCC(C)(C)N1CCCCC1. The van der Waals surface area contributed by atoms with Gasteiger partial charge < -0.3 is 10.6 Å². The molecule has 0 aliphatic carbocycles. The summed E-state index contributed by atoms with van der Waals surface area (Å²) in [5.41, 5.74) is 1.25. The van der Waals surface area contributed by atoms with Gasteiger partial charge in [-0.3, -0.25) is 4.90 Å². The summed E-state index contributed by atoms with van der Waals surface area (Å²) in [7, 11) is 0. The molecule has 0 spiro atoms. The number of guanidine groups is 1. The van der Waals surface area contributed by atoms with Gasteiger partial charge in [0, 0.05) is 23.5 Å². The monoisotopic (exact) mass is 351 g/mol. The van der Waals surface area contributed by atoms with E-state index in [0.717, 1.165) is 29.8 Å². The first-order valence-corrected chi connectivity index (χ1v) is 9.94. The van der Waals surface area contributed by atoms with Crippen molar-refractivity contribution in [3.8, 4) is 0 Å². The third-order valence-corrected chi connectivity index (χ3v) is 5.68. The van der Waals surface area contributed by atoms with Gasteiger partial charge in [-0.15, -0.1) is 11.3 Å². The smallest absolute Gasteiger partial charge is 0.191 e. The first-order chi connectivity index (χ1) is 11.4. The Bertz CT molecular complexity index is 544. The molecular weight excluding hydrogens is 318 g/mol. The number of aromatic nitrogens is 1. The number of hydrogen-bond donors (Lipinski definition) is 2. The highest BCUT2D eigenvalue weighted by molar-refractivity contribution is 7.11. The average Bonchev–Trinajstić information content (AvgIpc) is 2.88. The largest absolute Gasteiger partial charge is 0.357 e. The van der Waals surface area contributed by atoms with Crippen molar-refractivity contribution in [3.63, 3.8) is 0 Å². The maximum Gasteiger partial charge on any atom is 0.191 e. The highest BCUT2D eigenvalue weighted by Crippen LogP contribution is 2.20. The lowest BCUT2D eigenvalue weighted by atomic mass is 9.98. The topological polar surface area (TPSA) is 52.6 Å². The van der Waals surface area contributed by atoms with Crippen LogP contribution in [0.4, 0.5) is 0 Å². The second kappa shape index (κ2) is 8.81. The summed E-state index contributed by atoms with van der Waals surface area (Å²) in [6.45, 7) is 15.8. The fourth-order valence-corrected chi connectivity index (χ4v) is 3.99. The third kappa shape index (κ3) is 5.45. The van der Waals surface area contributed by atoms with Gasteiger partial charge in [-0.2, -0.15) is 0 Å². The van der Waals surface area contributed by atoms with E-state index in [1.165, 1.54) is 37.2 Å². The summed E-state index contributed by atoms with van der Waals surface area (Å²) >= 11 is 1.74. The number of nitrogens with zero attached hydrogens (tertiary/aromatic N) is 3. The van der Waals surface area contributed by atoms with Gasteiger partial charge in [0.2, 0.25) is 0 Å². The molecule has 1 aliphatic rings. The standard InChI is InChI=1S/C18H33N5S/c1-6-19-17(20-12-16-14(2)22-15(3)24-16)21-13-18(4,5)23-10-8-7-9-11-23/h6-13H2,1-5H3,(H2,19,20,21). The fourth-order valence-electron chi connectivity index (χ4n) is 3.12. The highest BCUT2D eigenvalue weighted by atomic mass is 32.1. The summed E-state index contributed by atoms with van der Waals surface area (Å²) < 4.78 is 0. The molecule has 1 aromatic heterocycles. The van der Waals surface area contributed by atoms with Crippen molar-refractivity contribution in [1.82, 2.24) is 20.5 Å². The lowest BCUT2D eigenvalue weighted by Crippen LogP contribution is -2.54. The number of likely N-dealkylation sites (tertiary alicyclic amines) is 1. The summed E-state index contributed by atoms with van der Waals surface area (Å²) in [6.07, 6.45) is 4.01. The molecule has 5 nitrogen and oxygen atoms in total. The number of rotatable bonds is 6. The molecule has 2 rings (SSSR count). The predicted octanol–water partition coefficient (Wildman–Crippen LogP) is 3.08. The van der Waals surface area contributed by atoms with Gasteiger partial charge in [0.15, 0.2) is 5.96 Å². The van der Waals surface area contributed by atoms with E-state index in [0.29, 0.717) is 6.54 Å². The lowest BCUT2D eigenvalue weighted by Gasteiger charge is -2.41. The maximum absolute atomic E-state index is 4.75. The van der Waals surface area contributed by atoms with Crippen molar-refractivity contribution in [2.45, 2.75) is 66.0 Å². The molecule has 1 fully saturated rings. The van der Waals surface area contributed by atoms with E-state index in [1.807, 2.05) is 0 Å². The number of nitrogens with one attached hydrogen (secondary N) is 2. The Balaban J connectivity index is 1.94. The van der Waals surface area contributed by atoms with Gasteiger partial charge in [0.25, 0.3) is 0 Å².